The molecule has 0 fully saturated rings. The summed E-state index contributed by atoms with van der Waals surface area (Å²) in [5, 5.41) is 8.63. The van der Waals surface area contributed by atoms with E-state index in [-0.39, 0.29) is 10.7 Å². The predicted octanol–water partition coefficient (Wildman–Crippen LogP) is 1.11. The van der Waals surface area contributed by atoms with Crippen LogP contribution >= 0.6 is 11.6 Å². The number of aliphatic hydroxyl groups is 1. The van der Waals surface area contributed by atoms with Crippen LogP contribution in [0, 0.1) is 5.82 Å². The number of nitrogens with one attached hydrogen (secondary N) is 1. The molecule has 0 aliphatic heterocycles. The maximum atomic E-state index is 13.7. The van der Waals surface area contributed by atoms with Crippen molar-refractivity contribution in [3.05, 3.63) is 23.0 Å². The fourth-order valence-corrected chi connectivity index (χ4v) is 3.05. The maximum absolute atomic E-state index is 13.7. The van der Waals surface area contributed by atoms with Crippen LogP contribution in [0.4, 0.5) is 10.1 Å². The van der Waals surface area contributed by atoms with E-state index in [2.05, 4.69) is 4.72 Å². The highest BCUT2D eigenvalue weighted by Gasteiger charge is 2.28. The number of hydrogen-bond donors (Lipinski definition) is 3. The number of hydrogen-bond acceptors (Lipinski definition) is 4. The molecule has 0 spiro atoms. The predicted molar refractivity (Wildman–Crippen MR) is 67.3 cm³/mol. The largest absolute Gasteiger partial charge is 0.399 e. The van der Waals surface area contributed by atoms with Crippen LogP contribution in [0.3, 0.4) is 0 Å². The number of halogens is 2. The van der Waals surface area contributed by atoms with Gasteiger partial charge in [0.1, 0.15) is 4.90 Å². The Balaban J connectivity index is 3.30. The lowest BCUT2D eigenvalue weighted by atomic mass is 10.1. The van der Waals surface area contributed by atoms with Crippen LogP contribution in [-0.4, -0.2) is 25.7 Å². The number of anilines is 1. The van der Waals surface area contributed by atoms with Crippen molar-refractivity contribution in [3.8, 4) is 0 Å². The number of aliphatic hydroxyl groups excluding tert-OH is 1. The Morgan fingerprint density at radius 1 is 1.50 bits per heavy atom. The topological polar surface area (TPSA) is 92.4 Å². The molecule has 0 aliphatic carbocycles. The summed E-state index contributed by atoms with van der Waals surface area (Å²) in [5.74, 6) is -1.08. The van der Waals surface area contributed by atoms with E-state index < -0.39 is 32.9 Å². The molecule has 0 saturated carbocycles. The number of sulfonamides is 1. The Kier molecular flexibility index (Phi) is 4.22. The Labute approximate surface area is 110 Å². The summed E-state index contributed by atoms with van der Waals surface area (Å²) in [6.07, 6.45) is 0. The summed E-state index contributed by atoms with van der Waals surface area (Å²) >= 11 is 5.53. The third-order valence-electron chi connectivity index (χ3n) is 2.11. The quantitative estimate of drug-likeness (QED) is 0.726. The number of nitrogen functional groups attached to an aromatic ring is 1. The zero-order valence-corrected chi connectivity index (χ0v) is 11.4. The maximum Gasteiger partial charge on any atom is 0.244 e. The highest BCUT2D eigenvalue weighted by atomic mass is 35.5. The summed E-state index contributed by atoms with van der Waals surface area (Å²) in [6, 6.07) is 2.09. The Hall–Kier alpha value is -0.890. The van der Waals surface area contributed by atoms with E-state index in [9.17, 15) is 12.8 Å². The first-order valence-corrected chi connectivity index (χ1v) is 6.84. The molecule has 0 aromatic heterocycles. The van der Waals surface area contributed by atoms with Gasteiger partial charge in [-0.15, -0.1) is 0 Å². The Morgan fingerprint density at radius 2 is 2.06 bits per heavy atom. The second kappa shape index (κ2) is 5.00. The molecule has 1 rings (SSSR count). The molecule has 0 atom stereocenters. The zero-order chi connectivity index (χ0) is 14.1. The molecular formula is C10H14ClFN2O3S. The van der Waals surface area contributed by atoms with Gasteiger partial charge < -0.3 is 10.8 Å². The van der Waals surface area contributed by atoms with Gasteiger partial charge in [0.05, 0.1) is 17.2 Å². The fraction of sp³-hybridized carbons (Fsp3) is 0.400. The van der Waals surface area contributed by atoms with Crippen LogP contribution in [0.2, 0.25) is 5.02 Å². The van der Waals surface area contributed by atoms with Crippen LogP contribution in [-0.2, 0) is 10.0 Å². The highest BCUT2D eigenvalue weighted by molar-refractivity contribution is 7.89. The van der Waals surface area contributed by atoms with E-state index in [1.54, 1.807) is 0 Å². The molecule has 1 aromatic carbocycles. The molecule has 5 nitrogen and oxygen atoms in total. The summed E-state index contributed by atoms with van der Waals surface area (Å²) < 4.78 is 39.8. The number of benzene rings is 1. The first-order chi connectivity index (χ1) is 8.09. The van der Waals surface area contributed by atoms with E-state index in [1.165, 1.54) is 13.8 Å². The molecule has 0 amide bonds. The van der Waals surface area contributed by atoms with E-state index in [0.29, 0.717) is 0 Å². The van der Waals surface area contributed by atoms with Crippen molar-refractivity contribution in [2.24, 2.45) is 0 Å². The molecule has 4 N–H and O–H groups in total. The number of rotatable bonds is 4. The molecule has 1 aromatic rings. The van der Waals surface area contributed by atoms with E-state index in [0.717, 1.165) is 12.1 Å². The first kappa shape index (κ1) is 15.2. The van der Waals surface area contributed by atoms with Crippen molar-refractivity contribution < 1.29 is 17.9 Å². The first-order valence-electron chi connectivity index (χ1n) is 4.98. The van der Waals surface area contributed by atoms with Crippen LogP contribution in [0.25, 0.3) is 0 Å². The minimum Gasteiger partial charge on any atom is -0.399 e. The van der Waals surface area contributed by atoms with Gasteiger partial charge in [0.2, 0.25) is 10.0 Å². The lowest BCUT2D eigenvalue weighted by Gasteiger charge is -2.23. The van der Waals surface area contributed by atoms with Gasteiger partial charge in [-0.1, -0.05) is 11.6 Å². The monoisotopic (exact) mass is 296 g/mol. The average Bonchev–Trinajstić information content (AvgIpc) is 2.21. The van der Waals surface area contributed by atoms with Gasteiger partial charge in [0, 0.05) is 5.69 Å². The van der Waals surface area contributed by atoms with Gasteiger partial charge in [-0.3, -0.25) is 0 Å². The molecule has 0 unspecified atom stereocenters. The zero-order valence-electron chi connectivity index (χ0n) is 9.87. The van der Waals surface area contributed by atoms with Crippen molar-refractivity contribution >= 4 is 27.3 Å². The van der Waals surface area contributed by atoms with Crippen molar-refractivity contribution in [1.82, 2.24) is 4.72 Å². The van der Waals surface area contributed by atoms with Crippen LogP contribution < -0.4 is 10.5 Å². The van der Waals surface area contributed by atoms with E-state index in [4.69, 9.17) is 22.4 Å². The molecule has 8 heteroatoms. The second-order valence-electron chi connectivity index (χ2n) is 4.46. The SMILES string of the molecule is CC(C)(CO)NS(=O)(=O)c1cc(N)cc(Cl)c1F. The van der Waals surface area contributed by atoms with Crippen molar-refractivity contribution in [2.75, 3.05) is 12.3 Å². The van der Waals surface area contributed by atoms with Gasteiger partial charge in [0.25, 0.3) is 0 Å². The lowest BCUT2D eigenvalue weighted by Crippen LogP contribution is -2.46. The van der Waals surface area contributed by atoms with E-state index >= 15 is 0 Å². The molecule has 0 aliphatic rings. The summed E-state index contributed by atoms with van der Waals surface area (Å²) in [6.45, 7) is 2.47. The van der Waals surface area contributed by atoms with Gasteiger partial charge in [-0.05, 0) is 26.0 Å². The summed E-state index contributed by atoms with van der Waals surface area (Å²) in [5.41, 5.74) is 4.34. The summed E-state index contributed by atoms with van der Waals surface area (Å²) in [4.78, 5) is -0.644. The molecular weight excluding hydrogens is 283 g/mol. The average molecular weight is 297 g/mol. The van der Waals surface area contributed by atoms with Crippen LogP contribution in [0.5, 0.6) is 0 Å². The van der Waals surface area contributed by atoms with Gasteiger partial charge in [0.15, 0.2) is 5.82 Å². The third-order valence-corrected chi connectivity index (χ3v) is 4.09. The van der Waals surface area contributed by atoms with Crippen molar-refractivity contribution in [3.63, 3.8) is 0 Å². The Morgan fingerprint density at radius 3 is 2.56 bits per heavy atom. The molecule has 102 valence electrons. The molecule has 0 saturated heterocycles. The van der Waals surface area contributed by atoms with Crippen LogP contribution in [0.15, 0.2) is 17.0 Å². The van der Waals surface area contributed by atoms with Crippen molar-refractivity contribution in [1.29, 1.82) is 0 Å². The van der Waals surface area contributed by atoms with E-state index in [1.807, 2.05) is 0 Å². The smallest absolute Gasteiger partial charge is 0.244 e. The minimum absolute atomic E-state index is 0.0311. The Bertz CT molecular complexity index is 560. The summed E-state index contributed by atoms with van der Waals surface area (Å²) in [7, 11) is -4.16. The second-order valence-corrected chi connectivity index (χ2v) is 6.52. The van der Waals surface area contributed by atoms with Gasteiger partial charge in [-0.25, -0.2) is 17.5 Å². The van der Waals surface area contributed by atoms with Crippen molar-refractivity contribution in [2.45, 2.75) is 24.3 Å². The van der Waals surface area contributed by atoms with Crippen LogP contribution in [0.1, 0.15) is 13.8 Å². The lowest BCUT2D eigenvalue weighted by molar-refractivity contribution is 0.208. The normalized spacial score (nSPS) is 12.7. The number of nitrogens with two attached hydrogens (primary N) is 1. The molecule has 0 bridgehead atoms. The molecule has 18 heavy (non-hydrogen) atoms. The minimum atomic E-state index is -4.16. The van der Waals surface area contributed by atoms with Gasteiger partial charge >= 0.3 is 0 Å². The third kappa shape index (κ3) is 3.32. The standard InChI is InChI=1S/C10H14ClFN2O3S/c1-10(2,5-15)14-18(16,17)8-4-6(13)3-7(11)9(8)12/h3-4,14-15H,5,13H2,1-2H3. The van der Waals surface area contributed by atoms with Gasteiger partial charge in [-0.2, -0.15) is 0 Å². The fourth-order valence-electron chi connectivity index (χ4n) is 1.23. The molecule has 0 heterocycles. The molecule has 0 radical (unpaired) electrons. The highest BCUT2D eigenvalue weighted by Crippen LogP contribution is 2.26.